The van der Waals surface area contributed by atoms with Crippen molar-refractivity contribution in [2.45, 2.75) is 13.8 Å². The van der Waals surface area contributed by atoms with Crippen LogP contribution >= 0.6 is 0 Å². The molecule has 0 heterocycles. The predicted octanol–water partition coefficient (Wildman–Crippen LogP) is 2.05. The van der Waals surface area contributed by atoms with Crippen LogP contribution < -0.4 is 5.32 Å². The molecule has 1 rings (SSSR count). The highest BCUT2D eigenvalue weighted by molar-refractivity contribution is 5.58. The van der Waals surface area contributed by atoms with E-state index in [1.165, 1.54) is 0 Å². The average Bonchev–Trinajstić information content (AvgIpc) is 1.85. The Morgan fingerprint density at radius 1 is 1.18 bits per heavy atom. The quantitative estimate of drug-likeness (QED) is 0.602. The number of phenolic OH excluding ortho intramolecular Hbond substituents is 1. The Hall–Kier alpha value is -1.18. The third-order valence-corrected chi connectivity index (χ3v) is 1.77. The van der Waals surface area contributed by atoms with Crippen LogP contribution in [-0.2, 0) is 0 Å². The molecule has 0 aliphatic heterocycles. The number of phenols is 1. The molecule has 0 spiro atoms. The number of rotatable bonds is 1. The first-order valence-corrected chi connectivity index (χ1v) is 3.63. The SMILES string of the molecule is CNc1c(C)cc(O)cc1C. The van der Waals surface area contributed by atoms with Crippen molar-refractivity contribution in [1.82, 2.24) is 0 Å². The number of aryl methyl sites for hydroxylation is 2. The largest absolute Gasteiger partial charge is 0.508 e. The van der Waals surface area contributed by atoms with Crippen LogP contribution in [0.1, 0.15) is 11.1 Å². The molecule has 0 atom stereocenters. The van der Waals surface area contributed by atoms with Gasteiger partial charge in [0.05, 0.1) is 0 Å². The van der Waals surface area contributed by atoms with Crippen molar-refractivity contribution in [3.63, 3.8) is 0 Å². The van der Waals surface area contributed by atoms with Gasteiger partial charge in [-0.2, -0.15) is 0 Å². The number of hydrogen-bond acceptors (Lipinski definition) is 2. The van der Waals surface area contributed by atoms with Gasteiger partial charge in [-0.15, -0.1) is 0 Å². The van der Waals surface area contributed by atoms with Crippen molar-refractivity contribution < 1.29 is 5.11 Å². The Labute approximate surface area is 66.9 Å². The van der Waals surface area contributed by atoms with Gasteiger partial charge in [0, 0.05) is 12.7 Å². The highest BCUT2D eigenvalue weighted by Gasteiger charge is 2.00. The molecule has 0 unspecified atom stereocenters. The molecule has 1 aromatic rings. The first-order chi connectivity index (χ1) is 5.15. The maximum atomic E-state index is 9.19. The van der Waals surface area contributed by atoms with Crippen molar-refractivity contribution in [3.05, 3.63) is 23.3 Å². The fourth-order valence-electron chi connectivity index (χ4n) is 1.33. The van der Waals surface area contributed by atoms with Crippen LogP contribution in [0.2, 0.25) is 0 Å². The lowest BCUT2D eigenvalue weighted by Gasteiger charge is -2.08. The van der Waals surface area contributed by atoms with Gasteiger partial charge in [0.25, 0.3) is 0 Å². The average molecular weight is 151 g/mol. The third kappa shape index (κ3) is 1.45. The number of hydrogen-bond donors (Lipinski definition) is 2. The van der Waals surface area contributed by atoms with E-state index in [0.717, 1.165) is 16.8 Å². The maximum absolute atomic E-state index is 9.19. The van der Waals surface area contributed by atoms with E-state index in [1.807, 2.05) is 20.9 Å². The van der Waals surface area contributed by atoms with Gasteiger partial charge < -0.3 is 10.4 Å². The smallest absolute Gasteiger partial charge is 0.116 e. The van der Waals surface area contributed by atoms with E-state index in [4.69, 9.17) is 0 Å². The molecule has 0 aromatic heterocycles. The number of aromatic hydroxyl groups is 1. The second-order valence-corrected chi connectivity index (χ2v) is 2.70. The summed E-state index contributed by atoms with van der Waals surface area (Å²) in [5.74, 6) is 0.332. The lowest BCUT2D eigenvalue weighted by atomic mass is 10.1. The molecular formula is C9H13NO. The molecule has 2 heteroatoms. The van der Waals surface area contributed by atoms with Crippen molar-refractivity contribution >= 4 is 5.69 Å². The van der Waals surface area contributed by atoms with Gasteiger partial charge in [-0.25, -0.2) is 0 Å². The maximum Gasteiger partial charge on any atom is 0.116 e. The Morgan fingerprint density at radius 3 is 2.00 bits per heavy atom. The first-order valence-electron chi connectivity index (χ1n) is 3.63. The Bertz CT molecular complexity index is 245. The van der Waals surface area contributed by atoms with E-state index >= 15 is 0 Å². The van der Waals surface area contributed by atoms with Crippen LogP contribution in [0.15, 0.2) is 12.1 Å². The molecule has 0 saturated carbocycles. The fraction of sp³-hybridized carbons (Fsp3) is 0.333. The van der Waals surface area contributed by atoms with E-state index in [1.54, 1.807) is 12.1 Å². The summed E-state index contributed by atoms with van der Waals surface area (Å²) >= 11 is 0. The molecule has 0 saturated heterocycles. The topological polar surface area (TPSA) is 32.3 Å². The molecule has 0 bridgehead atoms. The van der Waals surface area contributed by atoms with Gasteiger partial charge in [0.2, 0.25) is 0 Å². The van der Waals surface area contributed by atoms with Crippen LogP contribution in [-0.4, -0.2) is 12.2 Å². The molecule has 0 aliphatic carbocycles. The van der Waals surface area contributed by atoms with Crippen molar-refractivity contribution in [2.24, 2.45) is 0 Å². The van der Waals surface area contributed by atoms with E-state index < -0.39 is 0 Å². The minimum atomic E-state index is 0.332. The molecule has 0 radical (unpaired) electrons. The molecule has 60 valence electrons. The summed E-state index contributed by atoms with van der Waals surface area (Å²) in [5, 5.41) is 12.3. The molecule has 2 N–H and O–H groups in total. The minimum Gasteiger partial charge on any atom is -0.508 e. The zero-order valence-electron chi connectivity index (χ0n) is 7.10. The first kappa shape index (κ1) is 7.92. The molecule has 0 aliphatic rings. The summed E-state index contributed by atoms with van der Waals surface area (Å²) in [6.45, 7) is 3.94. The number of benzene rings is 1. The predicted molar refractivity (Wildman–Crippen MR) is 47.1 cm³/mol. The summed E-state index contributed by atoms with van der Waals surface area (Å²) in [7, 11) is 1.88. The monoisotopic (exact) mass is 151 g/mol. The minimum absolute atomic E-state index is 0.332. The van der Waals surface area contributed by atoms with Gasteiger partial charge in [-0.3, -0.25) is 0 Å². The summed E-state index contributed by atoms with van der Waals surface area (Å²) in [6.07, 6.45) is 0. The van der Waals surface area contributed by atoms with E-state index in [0.29, 0.717) is 5.75 Å². The summed E-state index contributed by atoms with van der Waals surface area (Å²) < 4.78 is 0. The second kappa shape index (κ2) is 2.82. The zero-order valence-corrected chi connectivity index (χ0v) is 7.10. The molecule has 1 aromatic carbocycles. The van der Waals surface area contributed by atoms with Crippen molar-refractivity contribution in [1.29, 1.82) is 0 Å². The molecule has 11 heavy (non-hydrogen) atoms. The van der Waals surface area contributed by atoms with Gasteiger partial charge in [-0.1, -0.05) is 0 Å². The molecule has 0 amide bonds. The molecule has 2 nitrogen and oxygen atoms in total. The van der Waals surface area contributed by atoms with Crippen molar-refractivity contribution in [2.75, 3.05) is 12.4 Å². The normalized spacial score (nSPS) is 9.73. The van der Waals surface area contributed by atoms with Gasteiger partial charge in [0.1, 0.15) is 5.75 Å². The zero-order chi connectivity index (χ0) is 8.43. The Balaban J connectivity index is 3.25. The van der Waals surface area contributed by atoms with E-state index in [-0.39, 0.29) is 0 Å². The Kier molecular flexibility index (Phi) is 2.03. The highest BCUT2D eigenvalue weighted by Crippen LogP contribution is 2.24. The fourth-order valence-corrected chi connectivity index (χ4v) is 1.33. The van der Waals surface area contributed by atoms with Crippen LogP contribution in [0, 0.1) is 13.8 Å². The Morgan fingerprint density at radius 2 is 1.64 bits per heavy atom. The number of anilines is 1. The highest BCUT2D eigenvalue weighted by atomic mass is 16.3. The van der Waals surface area contributed by atoms with Crippen LogP contribution in [0.25, 0.3) is 0 Å². The lowest BCUT2D eigenvalue weighted by Crippen LogP contribution is -1.94. The van der Waals surface area contributed by atoms with E-state index in [2.05, 4.69) is 5.32 Å². The standard InChI is InChI=1S/C9H13NO/c1-6-4-8(11)5-7(2)9(6)10-3/h4-5,10-11H,1-3H3. The van der Waals surface area contributed by atoms with Crippen molar-refractivity contribution in [3.8, 4) is 5.75 Å². The summed E-state index contributed by atoms with van der Waals surface area (Å²) in [4.78, 5) is 0. The molecular weight excluding hydrogens is 138 g/mol. The lowest BCUT2D eigenvalue weighted by molar-refractivity contribution is 0.474. The summed E-state index contributed by atoms with van der Waals surface area (Å²) in [6, 6.07) is 3.50. The van der Waals surface area contributed by atoms with Gasteiger partial charge in [0.15, 0.2) is 0 Å². The second-order valence-electron chi connectivity index (χ2n) is 2.70. The third-order valence-electron chi connectivity index (χ3n) is 1.77. The van der Waals surface area contributed by atoms with Gasteiger partial charge in [-0.05, 0) is 37.1 Å². The van der Waals surface area contributed by atoms with Crippen LogP contribution in [0.5, 0.6) is 5.75 Å². The van der Waals surface area contributed by atoms with Crippen LogP contribution in [0.4, 0.5) is 5.69 Å². The molecule has 0 fully saturated rings. The van der Waals surface area contributed by atoms with E-state index in [9.17, 15) is 5.11 Å². The van der Waals surface area contributed by atoms with Gasteiger partial charge >= 0.3 is 0 Å². The van der Waals surface area contributed by atoms with Crippen LogP contribution in [0.3, 0.4) is 0 Å². The summed E-state index contributed by atoms with van der Waals surface area (Å²) in [5.41, 5.74) is 3.25. The number of nitrogens with one attached hydrogen (secondary N) is 1.